The first-order valence-corrected chi connectivity index (χ1v) is 6.61. The molecular weight excluding hydrogens is 230 g/mol. The predicted octanol–water partition coefficient (Wildman–Crippen LogP) is 4.92. The Morgan fingerprint density at radius 3 is 1.94 bits per heavy atom. The van der Waals surface area contributed by atoms with Gasteiger partial charge in [0.15, 0.2) is 0 Å². The summed E-state index contributed by atoms with van der Waals surface area (Å²) in [5.74, 6) is 0.598. The van der Waals surface area contributed by atoms with Crippen molar-refractivity contribution in [1.82, 2.24) is 6.15 Å². The van der Waals surface area contributed by atoms with E-state index in [4.69, 9.17) is 11.6 Å². The van der Waals surface area contributed by atoms with Crippen LogP contribution in [-0.4, -0.2) is 0 Å². The van der Waals surface area contributed by atoms with Crippen LogP contribution in [0.15, 0.2) is 12.6 Å². The highest BCUT2D eigenvalue weighted by Gasteiger charge is 2.12. The van der Waals surface area contributed by atoms with Crippen molar-refractivity contribution in [3.63, 3.8) is 0 Å². The van der Waals surface area contributed by atoms with Crippen LogP contribution in [-0.2, 0) is 25.1 Å². The second kappa shape index (κ2) is 7.52. The fourth-order valence-electron chi connectivity index (χ4n) is 2.50. The molecule has 0 bridgehead atoms. The van der Waals surface area contributed by atoms with E-state index in [2.05, 4.69) is 33.4 Å². The zero-order chi connectivity index (χ0) is 12.1. The number of hydrogen-bond donors (Lipinski definition) is 1. The number of halogens is 1. The van der Waals surface area contributed by atoms with Gasteiger partial charge in [0.2, 0.25) is 0 Å². The molecule has 0 atom stereocenters. The van der Waals surface area contributed by atoms with Crippen LogP contribution < -0.4 is 6.15 Å². The number of benzene rings is 1. The Kier molecular flexibility index (Phi) is 7.17. The summed E-state index contributed by atoms with van der Waals surface area (Å²) in [4.78, 5) is 0. The van der Waals surface area contributed by atoms with E-state index < -0.39 is 0 Å². The van der Waals surface area contributed by atoms with Crippen LogP contribution in [0, 0.1) is 0 Å². The Balaban J connectivity index is 0.00000256. The zero-order valence-electron chi connectivity index (χ0n) is 11.3. The van der Waals surface area contributed by atoms with E-state index in [0.717, 1.165) is 19.3 Å². The fourth-order valence-corrected chi connectivity index (χ4v) is 2.74. The fraction of sp³-hybridized carbons (Fsp3) is 0.467. The minimum atomic E-state index is 0. The summed E-state index contributed by atoms with van der Waals surface area (Å²) in [5, 5.41) is 0. The highest BCUT2D eigenvalue weighted by atomic mass is 35.5. The standard InChI is InChI=1S/C15H21Cl.H3N/c1-5-11-9-12(10-16)14(7-3)15(8-4)13(11)6-2;/h5,9H,1,6-8,10H2,2-4H3;1H3. The molecule has 0 amide bonds. The van der Waals surface area contributed by atoms with Crippen molar-refractivity contribution in [2.75, 3.05) is 0 Å². The van der Waals surface area contributed by atoms with Gasteiger partial charge in [0.1, 0.15) is 0 Å². The van der Waals surface area contributed by atoms with Crippen LogP contribution in [0.4, 0.5) is 0 Å². The lowest BCUT2D eigenvalue weighted by Gasteiger charge is -2.18. The van der Waals surface area contributed by atoms with Crippen molar-refractivity contribution in [2.45, 2.75) is 45.9 Å². The average Bonchev–Trinajstić information content (AvgIpc) is 2.35. The molecule has 3 N–H and O–H groups in total. The van der Waals surface area contributed by atoms with Crippen molar-refractivity contribution in [3.8, 4) is 0 Å². The molecule has 0 saturated carbocycles. The number of rotatable bonds is 5. The molecule has 0 aliphatic rings. The number of hydrogen-bond acceptors (Lipinski definition) is 1. The molecule has 0 radical (unpaired) electrons. The van der Waals surface area contributed by atoms with Crippen LogP contribution in [0.25, 0.3) is 6.08 Å². The zero-order valence-corrected chi connectivity index (χ0v) is 12.0. The molecule has 0 aromatic heterocycles. The van der Waals surface area contributed by atoms with Crippen LogP contribution >= 0.6 is 11.6 Å². The average molecular weight is 254 g/mol. The van der Waals surface area contributed by atoms with E-state index >= 15 is 0 Å². The molecule has 1 nitrogen and oxygen atoms in total. The molecule has 17 heavy (non-hydrogen) atoms. The van der Waals surface area contributed by atoms with Gasteiger partial charge in [-0.2, -0.15) is 0 Å². The summed E-state index contributed by atoms with van der Waals surface area (Å²) in [7, 11) is 0. The third-order valence-electron chi connectivity index (χ3n) is 3.22. The van der Waals surface area contributed by atoms with Crippen LogP contribution in [0.3, 0.4) is 0 Å². The molecular formula is C15H24ClN. The molecule has 1 aromatic rings. The van der Waals surface area contributed by atoms with Crippen molar-refractivity contribution in [1.29, 1.82) is 0 Å². The Labute approximate surface area is 110 Å². The summed E-state index contributed by atoms with van der Waals surface area (Å²) in [6.45, 7) is 10.5. The Morgan fingerprint density at radius 2 is 1.59 bits per heavy atom. The highest BCUT2D eigenvalue weighted by molar-refractivity contribution is 6.17. The van der Waals surface area contributed by atoms with Gasteiger partial charge in [0.05, 0.1) is 0 Å². The van der Waals surface area contributed by atoms with Gasteiger partial charge in [-0.05, 0) is 53.1 Å². The summed E-state index contributed by atoms with van der Waals surface area (Å²) in [6, 6.07) is 2.21. The molecule has 0 aliphatic heterocycles. The maximum atomic E-state index is 6.03. The van der Waals surface area contributed by atoms with Gasteiger partial charge in [0, 0.05) is 5.88 Å². The largest absolute Gasteiger partial charge is 0.344 e. The molecule has 0 heterocycles. The Morgan fingerprint density at radius 1 is 1.06 bits per heavy atom. The lowest BCUT2D eigenvalue weighted by Crippen LogP contribution is -2.04. The maximum Gasteiger partial charge on any atom is 0.0477 e. The molecule has 0 unspecified atom stereocenters. The molecule has 0 spiro atoms. The second-order valence-electron chi connectivity index (χ2n) is 3.96. The minimum absolute atomic E-state index is 0. The lowest BCUT2D eigenvalue weighted by molar-refractivity contribution is 0.961. The molecule has 1 aromatic carbocycles. The maximum absolute atomic E-state index is 6.03. The first-order valence-electron chi connectivity index (χ1n) is 6.08. The first kappa shape index (κ1) is 16.2. The minimum Gasteiger partial charge on any atom is -0.344 e. The van der Waals surface area contributed by atoms with E-state index in [-0.39, 0.29) is 6.15 Å². The summed E-state index contributed by atoms with van der Waals surface area (Å²) in [5.41, 5.74) is 6.90. The molecule has 0 saturated heterocycles. The summed E-state index contributed by atoms with van der Waals surface area (Å²) >= 11 is 6.03. The molecule has 0 aliphatic carbocycles. The van der Waals surface area contributed by atoms with Gasteiger partial charge >= 0.3 is 0 Å². The number of alkyl halides is 1. The second-order valence-corrected chi connectivity index (χ2v) is 4.23. The Hall–Kier alpha value is -0.790. The first-order chi connectivity index (χ1) is 7.73. The van der Waals surface area contributed by atoms with Gasteiger partial charge in [-0.25, -0.2) is 0 Å². The van der Waals surface area contributed by atoms with E-state index in [9.17, 15) is 0 Å². The van der Waals surface area contributed by atoms with Gasteiger partial charge in [0.25, 0.3) is 0 Å². The van der Waals surface area contributed by atoms with Crippen molar-refractivity contribution in [2.24, 2.45) is 0 Å². The summed E-state index contributed by atoms with van der Waals surface area (Å²) < 4.78 is 0. The van der Waals surface area contributed by atoms with E-state index in [1.807, 2.05) is 6.08 Å². The third kappa shape index (κ3) is 3.11. The van der Waals surface area contributed by atoms with E-state index in [0.29, 0.717) is 5.88 Å². The molecule has 1 rings (SSSR count). The van der Waals surface area contributed by atoms with Crippen molar-refractivity contribution >= 4 is 17.7 Å². The highest BCUT2D eigenvalue weighted by Crippen LogP contribution is 2.27. The van der Waals surface area contributed by atoms with Crippen LogP contribution in [0.5, 0.6) is 0 Å². The molecule has 96 valence electrons. The van der Waals surface area contributed by atoms with Gasteiger partial charge in [-0.3, -0.25) is 0 Å². The van der Waals surface area contributed by atoms with Crippen molar-refractivity contribution < 1.29 is 0 Å². The molecule has 2 heteroatoms. The van der Waals surface area contributed by atoms with E-state index in [1.54, 1.807) is 0 Å². The molecule has 0 fully saturated rings. The van der Waals surface area contributed by atoms with Crippen LogP contribution in [0.2, 0.25) is 0 Å². The summed E-state index contributed by atoms with van der Waals surface area (Å²) in [6.07, 6.45) is 5.17. The van der Waals surface area contributed by atoms with Gasteiger partial charge in [-0.15, -0.1) is 11.6 Å². The van der Waals surface area contributed by atoms with Crippen molar-refractivity contribution in [3.05, 3.63) is 40.5 Å². The van der Waals surface area contributed by atoms with Gasteiger partial charge < -0.3 is 6.15 Å². The third-order valence-corrected chi connectivity index (χ3v) is 3.51. The SMILES string of the molecule is C=Cc1cc(CCl)c(CC)c(CC)c1CC.N. The Bertz CT molecular complexity index is 383. The normalized spacial score (nSPS) is 9.88. The quantitative estimate of drug-likeness (QED) is 0.743. The smallest absolute Gasteiger partial charge is 0.0477 e. The van der Waals surface area contributed by atoms with Crippen LogP contribution in [0.1, 0.15) is 48.6 Å². The monoisotopic (exact) mass is 253 g/mol. The van der Waals surface area contributed by atoms with E-state index in [1.165, 1.54) is 27.8 Å². The van der Waals surface area contributed by atoms with Gasteiger partial charge in [-0.1, -0.05) is 33.4 Å². The topological polar surface area (TPSA) is 35.0 Å². The lowest BCUT2D eigenvalue weighted by atomic mass is 9.88. The predicted molar refractivity (Wildman–Crippen MR) is 79.2 cm³/mol.